The van der Waals surface area contributed by atoms with Crippen molar-refractivity contribution in [3.8, 4) is 0 Å². The van der Waals surface area contributed by atoms with E-state index in [1.165, 1.54) is 12.3 Å². The van der Waals surface area contributed by atoms with Crippen molar-refractivity contribution in [3.05, 3.63) is 23.0 Å². The molecule has 72 valence electrons. The molecule has 0 aliphatic carbocycles. The molecule has 0 aromatic rings. The van der Waals surface area contributed by atoms with Gasteiger partial charge in [-0.2, -0.15) is 0 Å². The highest BCUT2D eigenvalue weighted by molar-refractivity contribution is 6.30. The van der Waals surface area contributed by atoms with Gasteiger partial charge in [-0.25, -0.2) is 9.32 Å². The van der Waals surface area contributed by atoms with Crippen LogP contribution in [0.25, 0.3) is 0 Å². The van der Waals surface area contributed by atoms with E-state index in [4.69, 9.17) is 28.1 Å². The summed E-state index contributed by atoms with van der Waals surface area (Å²) in [6.07, 6.45) is 2.82. The third-order valence-corrected chi connectivity index (χ3v) is 1.64. The smallest absolute Gasteiger partial charge is 0.339 e. The number of esters is 1. The Kier molecular flexibility index (Phi) is 3.45. The van der Waals surface area contributed by atoms with Gasteiger partial charge < -0.3 is 4.74 Å². The van der Waals surface area contributed by atoms with Crippen LogP contribution in [-0.2, 0) is 9.53 Å². The molecule has 0 saturated heterocycles. The van der Waals surface area contributed by atoms with Gasteiger partial charge in [-0.1, -0.05) is 11.6 Å². The Morgan fingerprint density at radius 2 is 2.46 bits per heavy atom. The van der Waals surface area contributed by atoms with Crippen molar-refractivity contribution in [2.24, 2.45) is 0 Å². The second kappa shape index (κ2) is 4.39. The zero-order valence-electron chi connectivity index (χ0n) is 6.88. The normalized spacial score (nSPS) is 15.8. The first kappa shape index (κ1) is 10.2. The van der Waals surface area contributed by atoms with Crippen molar-refractivity contribution in [2.45, 2.75) is 6.92 Å². The summed E-state index contributed by atoms with van der Waals surface area (Å²) in [7, 11) is 0. The molecule has 0 fully saturated rings. The van der Waals surface area contributed by atoms with Gasteiger partial charge in [-0.15, -0.1) is 0 Å². The van der Waals surface area contributed by atoms with Gasteiger partial charge in [-0.3, -0.25) is 5.43 Å². The molecule has 1 rings (SSSR count). The lowest BCUT2D eigenvalue weighted by Crippen LogP contribution is -2.27. The highest BCUT2D eigenvalue weighted by Gasteiger charge is 2.15. The highest BCUT2D eigenvalue weighted by Crippen LogP contribution is 2.14. The van der Waals surface area contributed by atoms with E-state index in [1.807, 2.05) is 0 Å². The first-order valence-electron chi connectivity index (χ1n) is 3.61. The molecule has 1 N–H and O–H groups in total. The molecule has 13 heavy (non-hydrogen) atoms. The lowest BCUT2D eigenvalue weighted by molar-refractivity contribution is -0.138. The molecular weight excluding hydrogens is 215 g/mol. The molecule has 1 heterocycles. The number of nitrogens with zero attached hydrogens (tertiary/aromatic N) is 1. The molecule has 0 amide bonds. The third kappa shape index (κ3) is 2.82. The maximum atomic E-state index is 11.2. The van der Waals surface area contributed by atoms with Crippen molar-refractivity contribution in [1.29, 1.82) is 0 Å². The predicted molar refractivity (Wildman–Crippen MR) is 49.5 cm³/mol. The van der Waals surface area contributed by atoms with Crippen LogP contribution in [0.4, 0.5) is 0 Å². The lowest BCUT2D eigenvalue weighted by Gasteiger charge is -2.18. The maximum absolute atomic E-state index is 11.2. The van der Waals surface area contributed by atoms with Crippen molar-refractivity contribution in [1.82, 2.24) is 9.95 Å². The van der Waals surface area contributed by atoms with Crippen LogP contribution in [0.15, 0.2) is 23.0 Å². The summed E-state index contributed by atoms with van der Waals surface area (Å²) < 4.78 is 5.82. The van der Waals surface area contributed by atoms with E-state index in [2.05, 4.69) is 5.43 Å². The molecule has 0 atom stereocenters. The van der Waals surface area contributed by atoms with Gasteiger partial charge >= 0.3 is 5.97 Å². The van der Waals surface area contributed by atoms with Gasteiger partial charge in [0.25, 0.3) is 0 Å². The summed E-state index contributed by atoms with van der Waals surface area (Å²) >= 11 is 11.2. The molecule has 1 aliphatic rings. The number of halogens is 2. The zero-order chi connectivity index (χ0) is 9.84. The topological polar surface area (TPSA) is 41.6 Å². The third-order valence-electron chi connectivity index (χ3n) is 1.26. The zero-order valence-corrected chi connectivity index (χ0v) is 8.39. The SMILES string of the molecule is CCOC(=O)C1=CN(Cl)NC(Cl)=C1. The van der Waals surface area contributed by atoms with Crippen LogP contribution in [0.3, 0.4) is 0 Å². The monoisotopic (exact) mass is 222 g/mol. The molecule has 0 radical (unpaired) electrons. The van der Waals surface area contributed by atoms with Crippen molar-refractivity contribution < 1.29 is 9.53 Å². The molecule has 0 aromatic carbocycles. The number of rotatable bonds is 2. The molecule has 4 nitrogen and oxygen atoms in total. The summed E-state index contributed by atoms with van der Waals surface area (Å²) in [6, 6.07) is 0. The second-order valence-corrected chi connectivity index (χ2v) is 2.99. The van der Waals surface area contributed by atoms with Crippen LogP contribution >= 0.6 is 23.4 Å². The number of carbonyl (C=O) groups is 1. The van der Waals surface area contributed by atoms with E-state index < -0.39 is 5.97 Å². The number of hydrogen-bond donors (Lipinski definition) is 1. The summed E-state index contributed by atoms with van der Waals surface area (Å²) in [5.41, 5.74) is 2.85. The summed E-state index contributed by atoms with van der Waals surface area (Å²) in [4.78, 5) is 11.2. The van der Waals surface area contributed by atoms with Gasteiger partial charge in [0, 0.05) is 11.8 Å². The predicted octanol–water partition coefficient (Wildman–Crippen LogP) is 1.49. The summed E-state index contributed by atoms with van der Waals surface area (Å²) in [5, 5.41) is 0.264. The number of hydrogen-bond acceptors (Lipinski definition) is 4. The Bertz CT molecular complexity index is 276. The number of hydrazine groups is 1. The molecule has 0 aromatic heterocycles. The van der Waals surface area contributed by atoms with Gasteiger partial charge in [0.05, 0.1) is 18.4 Å². The van der Waals surface area contributed by atoms with Crippen LogP contribution < -0.4 is 5.43 Å². The van der Waals surface area contributed by atoms with E-state index in [0.29, 0.717) is 12.2 Å². The van der Waals surface area contributed by atoms with Crippen LogP contribution in [0.1, 0.15) is 6.92 Å². The molecule has 0 saturated carbocycles. The highest BCUT2D eigenvalue weighted by atomic mass is 35.5. The quantitative estimate of drug-likeness (QED) is 0.437. The first-order chi connectivity index (χ1) is 6.13. The Morgan fingerprint density at radius 1 is 1.77 bits per heavy atom. The second-order valence-electron chi connectivity index (χ2n) is 2.22. The fourth-order valence-corrected chi connectivity index (χ4v) is 1.24. The Balaban J connectivity index is 2.73. The fraction of sp³-hybridized carbons (Fsp3) is 0.286. The summed E-state index contributed by atoms with van der Waals surface area (Å²) in [5.74, 6) is -0.451. The molecule has 0 spiro atoms. The Labute approximate surface area is 85.8 Å². The van der Waals surface area contributed by atoms with Gasteiger partial charge in [0.1, 0.15) is 5.16 Å². The molecule has 1 aliphatic heterocycles. The minimum absolute atomic E-state index is 0.264. The maximum Gasteiger partial charge on any atom is 0.339 e. The van der Waals surface area contributed by atoms with Crippen LogP contribution in [0, 0.1) is 0 Å². The number of nitrogens with one attached hydrogen (secondary N) is 1. The molecule has 0 bridgehead atoms. The average molecular weight is 223 g/mol. The van der Waals surface area contributed by atoms with Crippen LogP contribution in [-0.4, -0.2) is 17.1 Å². The Morgan fingerprint density at radius 3 is 3.00 bits per heavy atom. The number of ether oxygens (including phenoxy) is 1. The van der Waals surface area contributed by atoms with Gasteiger partial charge in [0.2, 0.25) is 0 Å². The van der Waals surface area contributed by atoms with E-state index in [0.717, 1.165) is 4.53 Å². The van der Waals surface area contributed by atoms with E-state index in [1.54, 1.807) is 6.92 Å². The lowest BCUT2D eigenvalue weighted by atomic mass is 10.3. The van der Waals surface area contributed by atoms with Crippen LogP contribution in [0.5, 0.6) is 0 Å². The van der Waals surface area contributed by atoms with Gasteiger partial charge in [0.15, 0.2) is 0 Å². The largest absolute Gasteiger partial charge is 0.462 e. The first-order valence-corrected chi connectivity index (χ1v) is 4.33. The fourth-order valence-electron chi connectivity index (χ4n) is 0.789. The van der Waals surface area contributed by atoms with E-state index >= 15 is 0 Å². The standard InChI is InChI=1S/C7H8Cl2N2O2/c1-2-13-7(12)5-3-6(8)10-11(9)4-5/h3-4,10H,2H2,1H3. The molecule has 6 heteroatoms. The molecular formula is C7H8Cl2N2O2. The minimum atomic E-state index is -0.451. The van der Waals surface area contributed by atoms with Gasteiger partial charge in [-0.05, 0) is 13.0 Å². The Hall–Kier alpha value is -0.870. The van der Waals surface area contributed by atoms with E-state index in [9.17, 15) is 4.79 Å². The summed E-state index contributed by atoms with van der Waals surface area (Å²) in [6.45, 7) is 2.04. The van der Waals surface area contributed by atoms with Crippen molar-refractivity contribution >= 4 is 29.3 Å². The van der Waals surface area contributed by atoms with Crippen LogP contribution in [0.2, 0.25) is 0 Å². The average Bonchev–Trinajstić information content (AvgIpc) is 2.03. The number of carbonyl (C=O) groups excluding carboxylic acids is 1. The van der Waals surface area contributed by atoms with Crippen molar-refractivity contribution in [3.63, 3.8) is 0 Å². The minimum Gasteiger partial charge on any atom is -0.462 e. The van der Waals surface area contributed by atoms with Crippen molar-refractivity contribution in [2.75, 3.05) is 6.61 Å². The molecule has 0 unspecified atom stereocenters. The van der Waals surface area contributed by atoms with E-state index in [-0.39, 0.29) is 5.16 Å².